The Bertz CT molecular complexity index is 1200. The minimum absolute atomic E-state index is 0.0720. The maximum absolute atomic E-state index is 13.4. The van der Waals surface area contributed by atoms with Crippen LogP contribution in [0.4, 0.5) is 5.69 Å². The molecular formula is C21H22N3O7S+. The maximum Gasteiger partial charge on any atom is 0.417 e. The number of carbonyl (C=O) groups is 1. The molecule has 0 aliphatic carbocycles. The minimum atomic E-state index is -2.36. The molecule has 32 heavy (non-hydrogen) atoms. The smallest absolute Gasteiger partial charge is 0.417 e. The Morgan fingerprint density at radius 2 is 1.69 bits per heavy atom. The van der Waals surface area contributed by atoms with Gasteiger partial charge in [0.1, 0.15) is 0 Å². The van der Waals surface area contributed by atoms with Gasteiger partial charge in [-0.3, -0.25) is 9.78 Å². The van der Waals surface area contributed by atoms with Gasteiger partial charge in [0.25, 0.3) is 0 Å². The highest BCUT2D eigenvalue weighted by molar-refractivity contribution is 7.76. The first-order chi connectivity index (χ1) is 15.4. The van der Waals surface area contributed by atoms with Crippen molar-refractivity contribution in [1.82, 2.24) is 4.98 Å². The number of fused-ring (bicyclic) bond motifs is 1. The molecule has 0 saturated carbocycles. The molecule has 1 unspecified atom stereocenters. The lowest BCUT2D eigenvalue weighted by atomic mass is 9.98. The molecule has 1 atom stereocenters. The molecule has 168 valence electrons. The third-order valence-electron chi connectivity index (χ3n) is 4.69. The monoisotopic (exact) mass is 460 g/mol. The van der Waals surface area contributed by atoms with Gasteiger partial charge in [0.05, 0.1) is 33.3 Å². The summed E-state index contributed by atoms with van der Waals surface area (Å²) in [6.07, 6.45) is 2.77. The lowest BCUT2D eigenvalue weighted by molar-refractivity contribution is -0.276. The van der Waals surface area contributed by atoms with Crippen molar-refractivity contribution in [3.8, 4) is 23.0 Å². The number of nitrogens with zero attached hydrogens (tertiary/aromatic N) is 2. The van der Waals surface area contributed by atoms with E-state index in [0.717, 1.165) is 0 Å². The third kappa shape index (κ3) is 4.12. The minimum Gasteiger partial charge on any atom is -0.493 e. The average Bonchev–Trinajstić information content (AvgIpc) is 2.81. The van der Waals surface area contributed by atoms with Gasteiger partial charge in [-0.25, -0.2) is 0 Å². The van der Waals surface area contributed by atoms with Crippen molar-refractivity contribution >= 4 is 33.4 Å². The van der Waals surface area contributed by atoms with Gasteiger partial charge in [-0.1, -0.05) is 0 Å². The number of hydrogen-bond acceptors (Lipinski definition) is 8. The Hall–Kier alpha value is -3.57. The fourth-order valence-corrected chi connectivity index (χ4v) is 3.68. The molecule has 2 aromatic carbocycles. The Balaban J connectivity index is 2.24. The SMILES string of the molecule is CCOc1ccc2c(C(=O)c3cc(OC)c(OC)c(OC)c3)cncc2c1[N+](=O)S(N)=O. The number of ether oxygens (including phenoxy) is 4. The molecule has 0 spiro atoms. The second-order valence-corrected chi connectivity index (χ2v) is 7.29. The van der Waals surface area contributed by atoms with Crippen molar-refractivity contribution in [2.45, 2.75) is 6.92 Å². The molecule has 1 aromatic heterocycles. The summed E-state index contributed by atoms with van der Waals surface area (Å²) in [5.74, 6) is 0.745. The number of nitroso groups, excluding NO2 is 1. The van der Waals surface area contributed by atoms with E-state index in [1.54, 1.807) is 13.0 Å². The van der Waals surface area contributed by atoms with E-state index in [0.29, 0.717) is 22.6 Å². The van der Waals surface area contributed by atoms with Crippen LogP contribution >= 0.6 is 0 Å². The van der Waals surface area contributed by atoms with E-state index < -0.39 is 17.0 Å². The van der Waals surface area contributed by atoms with Gasteiger partial charge in [0, 0.05) is 33.8 Å². The zero-order valence-corrected chi connectivity index (χ0v) is 18.7. The van der Waals surface area contributed by atoms with Gasteiger partial charge in [-0.2, -0.15) is 9.35 Å². The molecule has 0 saturated heterocycles. The van der Waals surface area contributed by atoms with Crippen molar-refractivity contribution in [2.75, 3.05) is 27.9 Å². The van der Waals surface area contributed by atoms with Gasteiger partial charge in [0.15, 0.2) is 27.2 Å². The van der Waals surface area contributed by atoms with Crippen LogP contribution in [0.1, 0.15) is 22.8 Å². The predicted molar refractivity (Wildman–Crippen MR) is 118 cm³/mol. The largest absolute Gasteiger partial charge is 0.493 e. The number of carbonyl (C=O) groups excluding carboxylic acids is 1. The number of nitrogens with two attached hydrogens (primary N) is 1. The highest BCUT2D eigenvalue weighted by Crippen LogP contribution is 2.40. The molecule has 1 heterocycles. The molecule has 0 bridgehead atoms. The summed E-state index contributed by atoms with van der Waals surface area (Å²) in [5, 5.41) is 5.98. The Morgan fingerprint density at radius 3 is 2.22 bits per heavy atom. The summed E-state index contributed by atoms with van der Waals surface area (Å²) in [4.78, 5) is 30.0. The number of aromatic nitrogens is 1. The molecule has 0 amide bonds. The van der Waals surface area contributed by atoms with Gasteiger partial charge in [0.2, 0.25) is 5.75 Å². The highest BCUT2D eigenvalue weighted by Gasteiger charge is 2.31. The topological polar surface area (TPSA) is 130 Å². The van der Waals surface area contributed by atoms with E-state index in [1.807, 2.05) is 0 Å². The summed E-state index contributed by atoms with van der Waals surface area (Å²) in [6.45, 7) is 2.01. The Kier molecular flexibility index (Phi) is 7.01. The molecule has 0 aliphatic heterocycles. The molecule has 3 rings (SSSR count). The first kappa shape index (κ1) is 23.1. The molecule has 0 fully saturated rings. The number of pyridine rings is 1. The summed E-state index contributed by atoms with van der Waals surface area (Å²) in [6, 6.07) is 6.19. The lowest BCUT2D eigenvalue weighted by Crippen LogP contribution is -2.16. The molecular weight excluding hydrogens is 438 g/mol. The molecule has 3 aromatic rings. The second kappa shape index (κ2) is 9.71. The summed E-state index contributed by atoms with van der Waals surface area (Å²) in [5.41, 5.74) is 0.389. The van der Waals surface area contributed by atoms with Crippen LogP contribution in [0.25, 0.3) is 10.8 Å². The fraction of sp³-hybridized carbons (Fsp3) is 0.238. The van der Waals surface area contributed by atoms with Crippen molar-refractivity contribution in [2.24, 2.45) is 5.14 Å². The number of hydrogen-bond donors (Lipinski definition) is 1. The highest BCUT2D eigenvalue weighted by atomic mass is 32.2. The summed E-state index contributed by atoms with van der Waals surface area (Å²) in [7, 11) is 4.36. The van der Waals surface area contributed by atoms with E-state index in [4.69, 9.17) is 24.1 Å². The molecule has 10 nitrogen and oxygen atoms in total. The normalized spacial score (nSPS) is 11.7. The van der Waals surface area contributed by atoms with Crippen LogP contribution in [0.2, 0.25) is 0 Å². The molecule has 0 aliphatic rings. The van der Waals surface area contributed by atoms with Crippen LogP contribution in [0.15, 0.2) is 36.7 Å². The zero-order valence-electron chi connectivity index (χ0n) is 17.9. The number of benzene rings is 2. The van der Waals surface area contributed by atoms with Gasteiger partial charge in [-0.05, 0) is 31.2 Å². The summed E-state index contributed by atoms with van der Waals surface area (Å²) >= 11 is -2.36. The molecule has 11 heteroatoms. The zero-order chi connectivity index (χ0) is 23.4. The van der Waals surface area contributed by atoms with Crippen LogP contribution in [0.5, 0.6) is 23.0 Å². The van der Waals surface area contributed by atoms with Crippen LogP contribution in [0.3, 0.4) is 0 Å². The van der Waals surface area contributed by atoms with Crippen LogP contribution in [0, 0.1) is 4.91 Å². The standard InChI is InChI=1S/C21H22N3O7S/c1-5-31-16-7-6-13-14(19(16)24(26)32(22)27)10-23-11-15(13)20(25)12-8-17(28-2)21(30-4)18(9-12)29-3/h6-11H,5,22H2,1-4H3/q+1. The first-order valence-electron chi connectivity index (χ1n) is 9.39. The van der Waals surface area contributed by atoms with E-state index >= 15 is 0 Å². The van der Waals surface area contributed by atoms with E-state index in [9.17, 15) is 13.9 Å². The maximum atomic E-state index is 13.4. The number of rotatable bonds is 9. The van der Waals surface area contributed by atoms with Crippen LogP contribution in [-0.4, -0.2) is 47.1 Å². The number of methoxy groups -OCH3 is 3. The first-order valence-corrected chi connectivity index (χ1v) is 10.6. The average molecular weight is 460 g/mol. The van der Waals surface area contributed by atoms with E-state index in [1.165, 1.54) is 51.9 Å². The van der Waals surface area contributed by atoms with Crippen molar-refractivity contribution in [1.29, 1.82) is 0 Å². The van der Waals surface area contributed by atoms with Gasteiger partial charge < -0.3 is 18.9 Å². The Morgan fingerprint density at radius 1 is 1.03 bits per heavy atom. The summed E-state index contributed by atoms with van der Waals surface area (Å²) < 4.78 is 33.3. The number of ketones is 1. The predicted octanol–water partition coefficient (Wildman–Crippen LogP) is 2.84. The van der Waals surface area contributed by atoms with Crippen molar-refractivity contribution in [3.05, 3.63) is 52.7 Å². The molecule has 2 N–H and O–H groups in total. The lowest BCUT2D eigenvalue weighted by Gasteiger charge is -2.14. The van der Waals surface area contributed by atoms with E-state index in [2.05, 4.69) is 4.98 Å². The van der Waals surface area contributed by atoms with Gasteiger partial charge in [-0.15, -0.1) is 0 Å². The van der Waals surface area contributed by atoms with Crippen molar-refractivity contribution in [3.63, 3.8) is 0 Å². The van der Waals surface area contributed by atoms with Crippen LogP contribution in [-0.2, 0) is 11.2 Å². The van der Waals surface area contributed by atoms with Gasteiger partial charge >= 0.3 is 16.9 Å². The molecule has 0 radical (unpaired) electrons. The van der Waals surface area contributed by atoms with Crippen LogP contribution < -0.4 is 24.1 Å². The quantitative estimate of drug-likeness (QED) is 0.381. The Labute approximate surface area is 186 Å². The van der Waals surface area contributed by atoms with Crippen molar-refractivity contribution < 1.29 is 32.1 Å². The second-order valence-electron chi connectivity index (χ2n) is 6.40. The third-order valence-corrected chi connectivity index (χ3v) is 5.20. The fourth-order valence-electron chi connectivity index (χ4n) is 3.31. The van der Waals surface area contributed by atoms with E-state index in [-0.39, 0.29) is 38.7 Å².